The number of amides is 1. The van der Waals surface area contributed by atoms with Crippen LogP contribution in [0, 0.1) is 0 Å². The lowest BCUT2D eigenvalue weighted by molar-refractivity contribution is 0.102. The molecule has 4 aromatic rings. The molecule has 3 aromatic heterocycles. The number of carbonyl (C=O) groups excluding carboxylic acids is 1. The highest BCUT2D eigenvalue weighted by atomic mass is 32.1. The number of hydrogen-bond donors (Lipinski definition) is 3. The summed E-state index contributed by atoms with van der Waals surface area (Å²) in [6.45, 7) is 2.15. The highest BCUT2D eigenvalue weighted by Gasteiger charge is 2.13. The van der Waals surface area contributed by atoms with Gasteiger partial charge in [-0.25, -0.2) is 0 Å². The highest BCUT2D eigenvalue weighted by molar-refractivity contribution is 7.13. The number of aromatic nitrogens is 4. The number of rotatable bonds is 4. The summed E-state index contributed by atoms with van der Waals surface area (Å²) < 4.78 is 1.37. The van der Waals surface area contributed by atoms with E-state index in [1.807, 2.05) is 17.5 Å². The lowest BCUT2D eigenvalue weighted by Crippen LogP contribution is -2.36. The van der Waals surface area contributed by atoms with Gasteiger partial charge in [0.2, 0.25) is 0 Å². The van der Waals surface area contributed by atoms with E-state index in [0.29, 0.717) is 29.0 Å². The minimum absolute atomic E-state index is 0.347. The fraction of sp³-hybridized carbons (Fsp3) is 0.111. The Labute approximate surface area is 156 Å². The number of H-pyrrole nitrogens is 2. The molecule has 0 aliphatic carbocycles. The number of anilines is 1. The molecule has 4 rings (SSSR count). The van der Waals surface area contributed by atoms with E-state index in [1.165, 1.54) is 4.57 Å². The standard InChI is InChI=1S/C18H15N5O3S/c1-2-23-13-6-5-10(8-11(13)19-17(25)18(23)26)16(24)20-15-9-12(21-22-15)14-4-3-7-27-14/h3-9H,2H2,1H3,(H,19,25)(H2,20,21,22,24). The first-order chi connectivity index (χ1) is 13.1. The Morgan fingerprint density at radius 1 is 1.26 bits per heavy atom. The SMILES string of the molecule is CCn1c(=O)c(=O)[nH]c2cc(C(=O)Nc3cc(-c4cccs4)[nH]n3)ccc21. The van der Waals surface area contributed by atoms with Crippen LogP contribution in [0.15, 0.2) is 51.4 Å². The first kappa shape index (κ1) is 17.0. The van der Waals surface area contributed by atoms with Crippen molar-refractivity contribution in [2.24, 2.45) is 0 Å². The summed E-state index contributed by atoms with van der Waals surface area (Å²) in [6, 6.07) is 10.4. The van der Waals surface area contributed by atoms with Crippen LogP contribution in [0.5, 0.6) is 0 Å². The van der Waals surface area contributed by atoms with Gasteiger partial charge in [-0.3, -0.25) is 19.5 Å². The molecule has 0 spiro atoms. The number of thiophene rings is 1. The zero-order valence-electron chi connectivity index (χ0n) is 14.3. The van der Waals surface area contributed by atoms with Crippen molar-refractivity contribution >= 4 is 34.1 Å². The van der Waals surface area contributed by atoms with E-state index in [9.17, 15) is 14.4 Å². The molecule has 0 atom stereocenters. The highest BCUT2D eigenvalue weighted by Crippen LogP contribution is 2.24. The zero-order valence-corrected chi connectivity index (χ0v) is 15.1. The van der Waals surface area contributed by atoms with Crippen LogP contribution in [0.25, 0.3) is 21.6 Å². The van der Waals surface area contributed by atoms with Gasteiger partial charge in [-0.1, -0.05) is 6.07 Å². The number of aryl methyl sites for hydroxylation is 1. The largest absolute Gasteiger partial charge is 0.316 e. The molecule has 27 heavy (non-hydrogen) atoms. The average Bonchev–Trinajstić information content (AvgIpc) is 3.34. The van der Waals surface area contributed by atoms with Gasteiger partial charge in [0, 0.05) is 18.2 Å². The van der Waals surface area contributed by atoms with Crippen molar-refractivity contribution in [1.82, 2.24) is 19.7 Å². The zero-order chi connectivity index (χ0) is 19.0. The third kappa shape index (κ3) is 3.08. The number of hydrogen-bond acceptors (Lipinski definition) is 5. The summed E-state index contributed by atoms with van der Waals surface area (Å²) in [6.07, 6.45) is 0. The van der Waals surface area contributed by atoms with Crippen molar-refractivity contribution in [3.63, 3.8) is 0 Å². The van der Waals surface area contributed by atoms with E-state index in [0.717, 1.165) is 10.6 Å². The lowest BCUT2D eigenvalue weighted by Gasteiger charge is -2.08. The summed E-state index contributed by atoms with van der Waals surface area (Å²) in [5, 5.41) is 11.7. The molecular formula is C18H15N5O3S. The molecule has 3 heterocycles. The van der Waals surface area contributed by atoms with Gasteiger partial charge >= 0.3 is 11.1 Å². The maximum atomic E-state index is 12.5. The second-order valence-corrected chi connectivity index (χ2v) is 6.78. The molecule has 0 bridgehead atoms. The normalized spacial score (nSPS) is 11.0. The summed E-state index contributed by atoms with van der Waals surface area (Å²) >= 11 is 1.57. The molecule has 0 saturated carbocycles. The Bertz CT molecular complexity index is 1250. The molecule has 9 heteroatoms. The Kier molecular flexibility index (Phi) is 4.21. The van der Waals surface area contributed by atoms with Gasteiger partial charge in [-0.15, -0.1) is 11.3 Å². The summed E-state index contributed by atoms with van der Waals surface area (Å²) in [4.78, 5) is 39.8. The van der Waals surface area contributed by atoms with Crippen molar-refractivity contribution in [3.8, 4) is 10.6 Å². The smallest absolute Gasteiger partial charge is 0.316 e. The van der Waals surface area contributed by atoms with Crippen molar-refractivity contribution in [2.75, 3.05) is 5.32 Å². The van der Waals surface area contributed by atoms with Gasteiger partial charge in [0.15, 0.2) is 5.82 Å². The number of aromatic amines is 2. The van der Waals surface area contributed by atoms with Gasteiger partial charge in [0.25, 0.3) is 5.91 Å². The maximum absolute atomic E-state index is 12.5. The van der Waals surface area contributed by atoms with E-state index < -0.39 is 11.1 Å². The van der Waals surface area contributed by atoms with Crippen molar-refractivity contribution < 1.29 is 4.79 Å². The molecule has 0 saturated heterocycles. The third-order valence-corrected chi connectivity index (χ3v) is 5.06. The molecule has 0 fully saturated rings. The average molecular weight is 381 g/mol. The third-order valence-electron chi connectivity index (χ3n) is 4.16. The molecular weight excluding hydrogens is 366 g/mol. The van der Waals surface area contributed by atoms with Crippen LogP contribution in [-0.4, -0.2) is 25.7 Å². The summed E-state index contributed by atoms with van der Waals surface area (Å²) in [5.41, 5.74) is 0.832. The Balaban J connectivity index is 1.64. The Hall–Kier alpha value is -3.46. The van der Waals surface area contributed by atoms with Crippen LogP contribution < -0.4 is 16.4 Å². The molecule has 3 N–H and O–H groups in total. The quantitative estimate of drug-likeness (QED) is 0.471. The van der Waals surface area contributed by atoms with Gasteiger partial charge in [0.05, 0.1) is 21.6 Å². The minimum atomic E-state index is -0.713. The van der Waals surface area contributed by atoms with Crippen LogP contribution in [0.4, 0.5) is 5.82 Å². The van der Waals surface area contributed by atoms with Gasteiger partial charge in [-0.2, -0.15) is 5.10 Å². The molecule has 8 nitrogen and oxygen atoms in total. The van der Waals surface area contributed by atoms with Gasteiger partial charge in [0.1, 0.15) is 0 Å². The molecule has 0 aliphatic rings. The second-order valence-electron chi connectivity index (χ2n) is 5.83. The molecule has 0 aliphatic heterocycles. The van der Waals surface area contributed by atoms with E-state index in [2.05, 4.69) is 20.5 Å². The molecule has 1 aromatic carbocycles. The number of benzene rings is 1. The summed E-state index contributed by atoms with van der Waals surface area (Å²) in [7, 11) is 0. The second kappa shape index (κ2) is 6.69. The van der Waals surface area contributed by atoms with Gasteiger partial charge in [-0.05, 0) is 36.6 Å². The van der Waals surface area contributed by atoms with E-state index in [4.69, 9.17) is 0 Å². The predicted octanol–water partition coefficient (Wildman–Crippen LogP) is 2.41. The van der Waals surface area contributed by atoms with Crippen LogP contribution in [0.1, 0.15) is 17.3 Å². The minimum Gasteiger partial charge on any atom is -0.316 e. The fourth-order valence-corrected chi connectivity index (χ4v) is 3.56. The number of nitrogens with one attached hydrogen (secondary N) is 3. The maximum Gasteiger partial charge on any atom is 0.316 e. The molecule has 136 valence electrons. The Morgan fingerprint density at radius 2 is 2.11 bits per heavy atom. The lowest BCUT2D eigenvalue weighted by atomic mass is 10.1. The first-order valence-electron chi connectivity index (χ1n) is 8.24. The van der Waals surface area contributed by atoms with Crippen LogP contribution >= 0.6 is 11.3 Å². The summed E-state index contributed by atoms with van der Waals surface area (Å²) in [5.74, 6) is 0.0340. The topological polar surface area (TPSA) is 113 Å². The van der Waals surface area contributed by atoms with Crippen LogP contribution in [0.2, 0.25) is 0 Å². The van der Waals surface area contributed by atoms with Crippen LogP contribution in [-0.2, 0) is 6.54 Å². The van der Waals surface area contributed by atoms with E-state index in [-0.39, 0.29) is 5.91 Å². The Morgan fingerprint density at radius 3 is 2.85 bits per heavy atom. The molecule has 1 amide bonds. The monoisotopic (exact) mass is 381 g/mol. The number of fused-ring (bicyclic) bond motifs is 1. The number of nitrogens with zero attached hydrogens (tertiary/aromatic N) is 2. The first-order valence-corrected chi connectivity index (χ1v) is 9.12. The van der Waals surface area contributed by atoms with Crippen molar-refractivity contribution in [1.29, 1.82) is 0 Å². The molecule has 0 unspecified atom stereocenters. The fourth-order valence-electron chi connectivity index (χ4n) is 2.87. The van der Waals surface area contributed by atoms with Crippen molar-refractivity contribution in [2.45, 2.75) is 13.5 Å². The molecule has 0 radical (unpaired) electrons. The number of carbonyl (C=O) groups is 1. The van der Waals surface area contributed by atoms with E-state index in [1.54, 1.807) is 42.5 Å². The predicted molar refractivity (Wildman–Crippen MR) is 104 cm³/mol. The van der Waals surface area contributed by atoms with Crippen molar-refractivity contribution in [3.05, 3.63) is 68.0 Å². The van der Waals surface area contributed by atoms with Crippen LogP contribution in [0.3, 0.4) is 0 Å². The van der Waals surface area contributed by atoms with E-state index >= 15 is 0 Å². The van der Waals surface area contributed by atoms with Gasteiger partial charge < -0.3 is 14.9 Å².